The van der Waals surface area contributed by atoms with E-state index in [2.05, 4.69) is 37.5 Å². The topological polar surface area (TPSA) is 102 Å². The van der Waals surface area contributed by atoms with Gasteiger partial charge in [-0.1, -0.05) is 18.2 Å². The van der Waals surface area contributed by atoms with E-state index >= 15 is 0 Å². The van der Waals surface area contributed by atoms with Gasteiger partial charge in [-0.25, -0.2) is 0 Å². The standard InChI is InChI=1S/C22H14BrN5O3/c23-14-9-16(21-27-25-12-28(21)11-14)22(29)26-18-3-1-2-15(17(18)10-24)13-4-5-19-20(8-13)31-7-6-30-19/h1-5,8-9,11-12H,6-7H2,(H,26,29). The SMILES string of the molecule is N#Cc1c(NC(=O)c2cc(Br)cn3cnnc23)cccc1-c1ccc2c(c1)OCCO2. The van der Waals surface area contributed by atoms with Crippen molar-refractivity contribution in [3.8, 4) is 28.7 Å². The first-order valence-electron chi connectivity index (χ1n) is 9.37. The molecule has 8 nitrogen and oxygen atoms in total. The number of nitrogens with one attached hydrogen (secondary N) is 1. The van der Waals surface area contributed by atoms with Gasteiger partial charge >= 0.3 is 0 Å². The third-order valence-electron chi connectivity index (χ3n) is 4.88. The first-order valence-corrected chi connectivity index (χ1v) is 10.2. The molecule has 4 aromatic rings. The Morgan fingerprint density at radius 1 is 1.16 bits per heavy atom. The summed E-state index contributed by atoms with van der Waals surface area (Å²) in [7, 11) is 0. The molecule has 1 aliphatic heterocycles. The maximum Gasteiger partial charge on any atom is 0.259 e. The van der Waals surface area contributed by atoms with Crippen LogP contribution < -0.4 is 14.8 Å². The molecule has 152 valence electrons. The molecular weight excluding hydrogens is 462 g/mol. The van der Waals surface area contributed by atoms with E-state index in [0.717, 1.165) is 5.56 Å². The van der Waals surface area contributed by atoms with Crippen LogP contribution in [0.3, 0.4) is 0 Å². The van der Waals surface area contributed by atoms with Crippen molar-refractivity contribution < 1.29 is 14.3 Å². The number of hydrogen-bond acceptors (Lipinski definition) is 6. The minimum Gasteiger partial charge on any atom is -0.486 e. The molecule has 1 aliphatic rings. The summed E-state index contributed by atoms with van der Waals surface area (Å²) in [5, 5.41) is 20.6. The van der Waals surface area contributed by atoms with E-state index < -0.39 is 5.91 Å². The normalized spacial score (nSPS) is 12.4. The number of amides is 1. The average Bonchev–Trinajstić information content (AvgIpc) is 3.26. The molecule has 9 heteroatoms. The van der Waals surface area contributed by atoms with Gasteiger partial charge in [-0.2, -0.15) is 5.26 Å². The van der Waals surface area contributed by atoms with E-state index in [0.29, 0.717) is 57.2 Å². The lowest BCUT2D eigenvalue weighted by atomic mass is 9.98. The van der Waals surface area contributed by atoms with Gasteiger partial charge in [0.05, 0.1) is 16.8 Å². The molecule has 0 saturated carbocycles. The zero-order chi connectivity index (χ0) is 21.4. The maximum atomic E-state index is 13.0. The lowest BCUT2D eigenvalue weighted by Crippen LogP contribution is -2.15. The fourth-order valence-corrected chi connectivity index (χ4v) is 3.94. The number of nitriles is 1. The number of nitrogens with zero attached hydrogens (tertiary/aromatic N) is 4. The van der Waals surface area contributed by atoms with Crippen LogP contribution in [-0.4, -0.2) is 33.7 Å². The van der Waals surface area contributed by atoms with Crippen molar-refractivity contribution in [2.45, 2.75) is 0 Å². The van der Waals surface area contributed by atoms with Crippen LogP contribution in [0.15, 0.2) is 59.5 Å². The van der Waals surface area contributed by atoms with Gasteiger partial charge in [-0.05, 0) is 45.8 Å². The van der Waals surface area contributed by atoms with Gasteiger partial charge < -0.3 is 14.8 Å². The summed E-state index contributed by atoms with van der Waals surface area (Å²) in [6, 6.07) is 14.7. The fraction of sp³-hybridized carbons (Fsp3) is 0.0909. The summed E-state index contributed by atoms with van der Waals surface area (Å²) in [6.07, 6.45) is 3.27. The average molecular weight is 476 g/mol. The van der Waals surface area contributed by atoms with Crippen molar-refractivity contribution in [1.29, 1.82) is 5.26 Å². The molecule has 0 unspecified atom stereocenters. The Morgan fingerprint density at radius 3 is 2.84 bits per heavy atom. The Kier molecular flexibility index (Phi) is 4.76. The number of carbonyl (C=O) groups excluding carboxylic acids is 1. The first-order chi connectivity index (χ1) is 15.1. The highest BCUT2D eigenvalue weighted by molar-refractivity contribution is 9.10. The van der Waals surface area contributed by atoms with E-state index in [1.165, 1.54) is 6.33 Å². The zero-order valence-electron chi connectivity index (χ0n) is 16.0. The Labute approximate surface area is 185 Å². The van der Waals surface area contributed by atoms with Crippen molar-refractivity contribution in [1.82, 2.24) is 14.6 Å². The number of ether oxygens (including phenoxy) is 2. The van der Waals surface area contributed by atoms with Crippen molar-refractivity contribution in [2.75, 3.05) is 18.5 Å². The van der Waals surface area contributed by atoms with Gasteiger partial charge in [0.2, 0.25) is 0 Å². The predicted octanol–water partition coefficient (Wildman–Crippen LogP) is 4.05. The lowest BCUT2D eigenvalue weighted by Gasteiger charge is -2.19. The highest BCUT2D eigenvalue weighted by atomic mass is 79.9. The van der Waals surface area contributed by atoms with Crippen molar-refractivity contribution in [2.24, 2.45) is 0 Å². The molecule has 2 aromatic heterocycles. The summed E-state index contributed by atoms with van der Waals surface area (Å²) in [4.78, 5) is 13.0. The largest absolute Gasteiger partial charge is 0.486 e. The second kappa shape index (κ2) is 7.74. The minimum absolute atomic E-state index is 0.334. The molecule has 1 amide bonds. The second-order valence-electron chi connectivity index (χ2n) is 6.79. The molecule has 0 spiro atoms. The molecular formula is C22H14BrN5O3. The van der Waals surface area contributed by atoms with Crippen molar-refractivity contribution >= 4 is 33.2 Å². The molecule has 2 aromatic carbocycles. The van der Waals surface area contributed by atoms with Crippen LogP contribution in [0, 0.1) is 11.3 Å². The molecule has 0 saturated heterocycles. The Hall–Kier alpha value is -3.90. The van der Waals surface area contributed by atoms with Crippen LogP contribution in [0.2, 0.25) is 0 Å². The maximum absolute atomic E-state index is 13.0. The number of aromatic nitrogens is 3. The van der Waals surface area contributed by atoms with Gasteiger partial charge in [0.15, 0.2) is 17.1 Å². The molecule has 0 atom stereocenters. The summed E-state index contributed by atoms with van der Waals surface area (Å²) >= 11 is 3.39. The highest BCUT2D eigenvalue weighted by Crippen LogP contribution is 2.37. The summed E-state index contributed by atoms with van der Waals surface area (Å²) in [5.41, 5.74) is 2.97. The summed E-state index contributed by atoms with van der Waals surface area (Å²) in [6.45, 7) is 0.980. The Balaban J connectivity index is 1.53. The minimum atomic E-state index is -0.393. The number of pyridine rings is 1. The van der Waals surface area contributed by atoms with Crippen LogP contribution in [-0.2, 0) is 0 Å². The summed E-state index contributed by atoms with van der Waals surface area (Å²) < 4.78 is 13.6. The van der Waals surface area contributed by atoms with Crippen LogP contribution in [0.4, 0.5) is 5.69 Å². The van der Waals surface area contributed by atoms with E-state index in [9.17, 15) is 10.1 Å². The first kappa shape index (κ1) is 19.1. The lowest BCUT2D eigenvalue weighted by molar-refractivity contribution is 0.102. The molecule has 0 bridgehead atoms. The van der Waals surface area contributed by atoms with E-state index in [-0.39, 0.29) is 0 Å². The van der Waals surface area contributed by atoms with Gasteiger partial charge in [-0.3, -0.25) is 9.20 Å². The summed E-state index contributed by atoms with van der Waals surface area (Å²) in [5.74, 6) is 0.908. The number of fused-ring (bicyclic) bond motifs is 2. The number of hydrogen-bond donors (Lipinski definition) is 1. The van der Waals surface area contributed by atoms with Crippen LogP contribution >= 0.6 is 15.9 Å². The molecule has 1 N–H and O–H groups in total. The fourth-order valence-electron chi connectivity index (χ4n) is 3.49. The van der Waals surface area contributed by atoms with E-state index in [1.54, 1.807) is 28.8 Å². The van der Waals surface area contributed by atoms with Crippen LogP contribution in [0.5, 0.6) is 11.5 Å². The van der Waals surface area contributed by atoms with Gasteiger partial charge in [0.1, 0.15) is 25.6 Å². The Bertz CT molecular complexity index is 1380. The number of halogens is 1. The van der Waals surface area contributed by atoms with Gasteiger partial charge in [0.25, 0.3) is 5.91 Å². The van der Waals surface area contributed by atoms with Gasteiger partial charge in [0, 0.05) is 16.2 Å². The molecule has 0 aliphatic carbocycles. The monoisotopic (exact) mass is 475 g/mol. The molecule has 0 radical (unpaired) electrons. The zero-order valence-corrected chi connectivity index (χ0v) is 17.6. The van der Waals surface area contributed by atoms with E-state index in [4.69, 9.17) is 9.47 Å². The number of rotatable bonds is 3. The number of benzene rings is 2. The third-order valence-corrected chi connectivity index (χ3v) is 5.31. The van der Waals surface area contributed by atoms with E-state index in [1.807, 2.05) is 24.3 Å². The van der Waals surface area contributed by atoms with Crippen molar-refractivity contribution in [3.63, 3.8) is 0 Å². The number of carbonyl (C=O) groups is 1. The predicted molar refractivity (Wildman–Crippen MR) is 116 cm³/mol. The quantitative estimate of drug-likeness (QED) is 0.479. The molecule has 5 rings (SSSR count). The smallest absolute Gasteiger partial charge is 0.259 e. The van der Waals surface area contributed by atoms with Crippen molar-refractivity contribution in [3.05, 3.63) is 70.6 Å². The van der Waals surface area contributed by atoms with Crippen LogP contribution in [0.25, 0.3) is 16.8 Å². The number of anilines is 1. The second-order valence-corrected chi connectivity index (χ2v) is 7.70. The molecule has 0 fully saturated rings. The van der Waals surface area contributed by atoms with Crippen LogP contribution in [0.1, 0.15) is 15.9 Å². The van der Waals surface area contributed by atoms with Gasteiger partial charge in [-0.15, -0.1) is 10.2 Å². The Morgan fingerprint density at radius 2 is 2.00 bits per heavy atom. The molecule has 3 heterocycles. The molecule has 31 heavy (non-hydrogen) atoms. The highest BCUT2D eigenvalue weighted by Gasteiger charge is 2.19. The third kappa shape index (κ3) is 3.47.